The summed E-state index contributed by atoms with van der Waals surface area (Å²) in [6, 6.07) is 0.300. The first-order valence-electron chi connectivity index (χ1n) is 6.70. The van der Waals surface area contributed by atoms with Crippen LogP contribution in [0.1, 0.15) is 45.4 Å². The van der Waals surface area contributed by atoms with Gasteiger partial charge in [0.25, 0.3) is 0 Å². The van der Waals surface area contributed by atoms with E-state index in [0.717, 1.165) is 25.8 Å². The van der Waals surface area contributed by atoms with Gasteiger partial charge in [-0.3, -0.25) is 0 Å². The van der Waals surface area contributed by atoms with Crippen LogP contribution in [0.2, 0.25) is 0 Å². The smallest absolute Gasteiger partial charge is 0.171 e. The molecule has 0 spiro atoms. The summed E-state index contributed by atoms with van der Waals surface area (Å²) in [4.78, 5) is 0. The fraction of sp³-hybridized carbons (Fsp3) is 0.857. The maximum Gasteiger partial charge on any atom is 0.171 e. The molecule has 1 unspecified atom stereocenters. The molecule has 0 aliphatic carbocycles. The topological polar surface area (TPSA) is 30.5 Å². The van der Waals surface area contributed by atoms with Gasteiger partial charge in [0.15, 0.2) is 6.29 Å². The molecular weight excluding hydrogens is 214 g/mol. The van der Waals surface area contributed by atoms with E-state index < -0.39 is 0 Å². The lowest BCUT2D eigenvalue weighted by Gasteiger charge is -2.25. The van der Waals surface area contributed by atoms with Gasteiger partial charge in [0, 0.05) is 14.2 Å². The van der Waals surface area contributed by atoms with Gasteiger partial charge in [0.05, 0.1) is 6.04 Å². The first-order chi connectivity index (χ1) is 8.29. The molecule has 0 saturated heterocycles. The number of hydrogen-bond acceptors (Lipinski definition) is 3. The molecule has 0 amide bonds. The molecule has 0 radical (unpaired) electrons. The molecule has 0 fully saturated rings. The molecule has 3 heteroatoms. The highest BCUT2D eigenvalue weighted by atomic mass is 16.7. The van der Waals surface area contributed by atoms with Crippen LogP contribution in [0.15, 0.2) is 12.7 Å². The van der Waals surface area contributed by atoms with E-state index in [1.807, 2.05) is 6.08 Å². The van der Waals surface area contributed by atoms with Crippen molar-refractivity contribution in [3.8, 4) is 0 Å². The van der Waals surface area contributed by atoms with Crippen LogP contribution >= 0.6 is 0 Å². The molecule has 1 N–H and O–H groups in total. The predicted molar refractivity (Wildman–Crippen MR) is 73.2 cm³/mol. The molecule has 102 valence electrons. The Morgan fingerprint density at radius 1 is 1.18 bits per heavy atom. The van der Waals surface area contributed by atoms with Gasteiger partial charge in [0.2, 0.25) is 0 Å². The Balaban J connectivity index is 3.87. The van der Waals surface area contributed by atoms with E-state index in [4.69, 9.17) is 9.47 Å². The van der Waals surface area contributed by atoms with Crippen LogP contribution in [0, 0.1) is 0 Å². The second-order valence-electron chi connectivity index (χ2n) is 4.33. The van der Waals surface area contributed by atoms with Crippen LogP contribution in [0.5, 0.6) is 0 Å². The quantitative estimate of drug-likeness (QED) is 0.324. The Kier molecular flexibility index (Phi) is 11.8. The van der Waals surface area contributed by atoms with Crippen molar-refractivity contribution in [1.82, 2.24) is 5.32 Å². The third-order valence-electron chi connectivity index (χ3n) is 2.87. The third kappa shape index (κ3) is 8.36. The van der Waals surface area contributed by atoms with Crippen LogP contribution in [0.25, 0.3) is 0 Å². The van der Waals surface area contributed by atoms with Crippen molar-refractivity contribution in [2.75, 3.05) is 20.8 Å². The molecule has 0 heterocycles. The first-order valence-corrected chi connectivity index (χ1v) is 6.70. The van der Waals surface area contributed by atoms with Crippen molar-refractivity contribution in [3.63, 3.8) is 0 Å². The molecule has 0 aromatic rings. The van der Waals surface area contributed by atoms with E-state index in [9.17, 15) is 0 Å². The highest BCUT2D eigenvalue weighted by Crippen LogP contribution is 2.11. The Labute approximate surface area is 107 Å². The molecule has 17 heavy (non-hydrogen) atoms. The number of unbranched alkanes of at least 4 members (excludes halogenated alkanes) is 3. The largest absolute Gasteiger partial charge is 0.354 e. The highest BCUT2D eigenvalue weighted by Gasteiger charge is 2.19. The van der Waals surface area contributed by atoms with Crippen LogP contribution in [0.4, 0.5) is 0 Å². The van der Waals surface area contributed by atoms with E-state index in [1.54, 1.807) is 14.2 Å². The maximum atomic E-state index is 5.34. The van der Waals surface area contributed by atoms with E-state index >= 15 is 0 Å². The van der Waals surface area contributed by atoms with Gasteiger partial charge < -0.3 is 14.8 Å². The number of nitrogens with one attached hydrogen (secondary N) is 1. The van der Waals surface area contributed by atoms with Crippen molar-refractivity contribution in [1.29, 1.82) is 0 Å². The number of rotatable bonds is 12. The van der Waals surface area contributed by atoms with Gasteiger partial charge in [-0.25, -0.2) is 0 Å². The minimum atomic E-state index is -0.138. The summed E-state index contributed by atoms with van der Waals surface area (Å²) < 4.78 is 10.7. The van der Waals surface area contributed by atoms with E-state index in [-0.39, 0.29) is 6.29 Å². The lowest BCUT2D eigenvalue weighted by molar-refractivity contribution is -0.124. The molecular formula is C14H29NO2. The number of ether oxygens (including phenoxy) is 2. The van der Waals surface area contributed by atoms with Crippen molar-refractivity contribution in [2.24, 2.45) is 0 Å². The summed E-state index contributed by atoms with van der Waals surface area (Å²) in [5.41, 5.74) is 0. The van der Waals surface area contributed by atoms with E-state index in [2.05, 4.69) is 18.8 Å². The summed E-state index contributed by atoms with van der Waals surface area (Å²) >= 11 is 0. The van der Waals surface area contributed by atoms with Crippen LogP contribution < -0.4 is 5.32 Å². The molecule has 0 aromatic heterocycles. The average molecular weight is 243 g/mol. The second-order valence-corrected chi connectivity index (χ2v) is 4.33. The van der Waals surface area contributed by atoms with Crippen molar-refractivity contribution in [2.45, 2.75) is 57.8 Å². The summed E-state index contributed by atoms with van der Waals surface area (Å²) in [5.74, 6) is 0. The van der Waals surface area contributed by atoms with Gasteiger partial charge in [-0.05, 0) is 32.2 Å². The summed E-state index contributed by atoms with van der Waals surface area (Å²) in [6.07, 6.45) is 8.88. The molecule has 0 saturated carbocycles. The van der Waals surface area contributed by atoms with Gasteiger partial charge >= 0.3 is 0 Å². The Morgan fingerprint density at radius 3 is 2.41 bits per heavy atom. The molecule has 0 aliphatic rings. The number of methoxy groups -OCH3 is 2. The minimum Gasteiger partial charge on any atom is -0.354 e. The fourth-order valence-electron chi connectivity index (χ4n) is 1.92. The van der Waals surface area contributed by atoms with E-state index in [1.165, 1.54) is 19.3 Å². The molecule has 0 rings (SSSR count). The predicted octanol–water partition coefficient (Wildman–Crippen LogP) is 3.11. The number of allylic oxidation sites excluding steroid dienone is 1. The van der Waals surface area contributed by atoms with Gasteiger partial charge in [-0.1, -0.05) is 25.8 Å². The summed E-state index contributed by atoms with van der Waals surface area (Å²) in [5, 5.41) is 3.49. The Morgan fingerprint density at radius 2 is 1.88 bits per heavy atom. The van der Waals surface area contributed by atoms with Crippen molar-refractivity contribution in [3.05, 3.63) is 12.7 Å². The fourth-order valence-corrected chi connectivity index (χ4v) is 1.92. The first kappa shape index (κ1) is 16.6. The maximum absolute atomic E-state index is 5.34. The lowest BCUT2D eigenvalue weighted by atomic mass is 10.1. The standard InChI is InChI=1S/C14H29NO2/c1-5-7-8-9-10-11-13(15-12-6-2)14(16-3)17-4/h5,13-15H,1,6-12H2,2-4H3. The zero-order valence-corrected chi connectivity index (χ0v) is 11.7. The molecule has 1 atom stereocenters. The number of hydrogen-bond donors (Lipinski definition) is 1. The SMILES string of the molecule is C=CCCCCCC(NCCC)C(OC)OC. The molecule has 3 nitrogen and oxygen atoms in total. The van der Waals surface area contributed by atoms with Crippen LogP contribution in [-0.2, 0) is 9.47 Å². The van der Waals surface area contributed by atoms with Crippen molar-refractivity contribution >= 4 is 0 Å². The van der Waals surface area contributed by atoms with Gasteiger partial charge in [-0.15, -0.1) is 6.58 Å². The zero-order valence-electron chi connectivity index (χ0n) is 11.7. The average Bonchev–Trinajstić information content (AvgIpc) is 2.36. The molecule has 0 bridgehead atoms. The van der Waals surface area contributed by atoms with E-state index in [0.29, 0.717) is 6.04 Å². The summed E-state index contributed by atoms with van der Waals surface area (Å²) in [6.45, 7) is 6.92. The minimum absolute atomic E-state index is 0.138. The van der Waals surface area contributed by atoms with Gasteiger partial charge in [0.1, 0.15) is 0 Å². The monoisotopic (exact) mass is 243 g/mol. The highest BCUT2D eigenvalue weighted by molar-refractivity contribution is 4.71. The molecule has 0 aliphatic heterocycles. The third-order valence-corrected chi connectivity index (χ3v) is 2.87. The second kappa shape index (κ2) is 12.1. The normalized spacial score (nSPS) is 12.9. The summed E-state index contributed by atoms with van der Waals surface area (Å²) in [7, 11) is 3.40. The Hall–Kier alpha value is -0.380. The van der Waals surface area contributed by atoms with Crippen molar-refractivity contribution < 1.29 is 9.47 Å². The Bertz CT molecular complexity index is 170. The van der Waals surface area contributed by atoms with Crippen LogP contribution in [0.3, 0.4) is 0 Å². The molecule has 0 aromatic carbocycles. The van der Waals surface area contributed by atoms with Crippen LogP contribution in [-0.4, -0.2) is 33.1 Å². The van der Waals surface area contributed by atoms with Gasteiger partial charge in [-0.2, -0.15) is 0 Å². The lowest BCUT2D eigenvalue weighted by Crippen LogP contribution is -2.42. The zero-order chi connectivity index (χ0) is 12.9.